The molecule has 1 aromatic carbocycles. The summed E-state index contributed by atoms with van der Waals surface area (Å²) in [6.07, 6.45) is 3.64. The summed E-state index contributed by atoms with van der Waals surface area (Å²) < 4.78 is 0. The summed E-state index contributed by atoms with van der Waals surface area (Å²) in [4.78, 5) is 4.11. The minimum atomic E-state index is 0.877. The molecule has 0 bridgehead atoms. The van der Waals surface area contributed by atoms with Gasteiger partial charge in [-0.05, 0) is 48.7 Å². The highest BCUT2D eigenvalue weighted by Crippen LogP contribution is 2.25. The van der Waals surface area contributed by atoms with Crippen molar-refractivity contribution in [1.82, 2.24) is 4.98 Å². The van der Waals surface area contributed by atoms with E-state index < -0.39 is 0 Å². The molecule has 2 nitrogen and oxygen atoms in total. The zero-order valence-corrected chi connectivity index (χ0v) is 8.99. The quantitative estimate of drug-likeness (QED) is 0.715. The average molecular weight is 198 g/mol. The van der Waals surface area contributed by atoms with Gasteiger partial charge in [0.05, 0.1) is 0 Å². The molecule has 0 saturated carbocycles. The van der Waals surface area contributed by atoms with E-state index in [4.69, 9.17) is 5.73 Å². The Hall–Kier alpha value is -1.83. The van der Waals surface area contributed by atoms with Crippen LogP contribution < -0.4 is 5.73 Å². The Bertz CT molecular complexity index is 452. The number of nitrogen functional groups attached to an aromatic ring is 1. The van der Waals surface area contributed by atoms with E-state index in [9.17, 15) is 0 Å². The van der Waals surface area contributed by atoms with E-state index in [1.165, 1.54) is 5.56 Å². The predicted molar refractivity (Wildman–Crippen MR) is 63.6 cm³/mol. The van der Waals surface area contributed by atoms with Gasteiger partial charge in [-0.15, -0.1) is 0 Å². The van der Waals surface area contributed by atoms with Crippen molar-refractivity contribution < 1.29 is 0 Å². The molecule has 2 heteroatoms. The van der Waals surface area contributed by atoms with Gasteiger partial charge in [0.2, 0.25) is 0 Å². The third-order valence-corrected chi connectivity index (χ3v) is 2.59. The Kier molecular flexibility index (Phi) is 2.42. The lowest BCUT2D eigenvalue weighted by Crippen LogP contribution is -1.94. The number of aromatic nitrogens is 1. The van der Waals surface area contributed by atoms with Gasteiger partial charge in [-0.2, -0.15) is 0 Å². The summed E-state index contributed by atoms with van der Waals surface area (Å²) in [5, 5.41) is 0. The molecule has 0 fully saturated rings. The lowest BCUT2D eigenvalue weighted by molar-refractivity contribution is 1.32. The van der Waals surface area contributed by atoms with E-state index in [-0.39, 0.29) is 0 Å². The Morgan fingerprint density at radius 3 is 2.27 bits per heavy atom. The summed E-state index contributed by atoms with van der Waals surface area (Å²) >= 11 is 0. The molecule has 76 valence electrons. The lowest BCUT2D eigenvalue weighted by Gasteiger charge is -2.08. The van der Waals surface area contributed by atoms with Crippen LogP contribution in [0.5, 0.6) is 0 Å². The fraction of sp³-hybridized carbons (Fsp3) is 0.154. The van der Waals surface area contributed by atoms with Crippen molar-refractivity contribution in [2.45, 2.75) is 13.8 Å². The second kappa shape index (κ2) is 3.73. The van der Waals surface area contributed by atoms with Crippen LogP contribution in [-0.4, -0.2) is 4.98 Å². The second-order valence-corrected chi connectivity index (χ2v) is 3.77. The first-order valence-corrected chi connectivity index (χ1v) is 4.95. The third kappa shape index (κ3) is 1.84. The molecule has 2 aromatic rings. The maximum atomic E-state index is 5.91. The van der Waals surface area contributed by atoms with Crippen molar-refractivity contribution in [3.05, 3.63) is 47.8 Å². The SMILES string of the molecule is Cc1cc(-c2cccnc2)cc(C)c1N. The van der Waals surface area contributed by atoms with Crippen molar-refractivity contribution in [1.29, 1.82) is 0 Å². The zero-order valence-electron chi connectivity index (χ0n) is 8.99. The van der Waals surface area contributed by atoms with Gasteiger partial charge in [0.1, 0.15) is 0 Å². The Morgan fingerprint density at radius 2 is 1.73 bits per heavy atom. The zero-order chi connectivity index (χ0) is 10.8. The molecule has 0 amide bonds. The van der Waals surface area contributed by atoms with Gasteiger partial charge in [-0.3, -0.25) is 4.98 Å². The maximum Gasteiger partial charge on any atom is 0.0373 e. The largest absolute Gasteiger partial charge is 0.398 e. The van der Waals surface area contributed by atoms with Crippen molar-refractivity contribution in [3.63, 3.8) is 0 Å². The molecule has 2 N–H and O–H groups in total. The molecule has 0 aliphatic heterocycles. The molecule has 2 rings (SSSR count). The molecule has 15 heavy (non-hydrogen) atoms. The standard InChI is InChI=1S/C13H14N2/c1-9-6-12(7-10(2)13(9)14)11-4-3-5-15-8-11/h3-8H,14H2,1-2H3. The smallest absolute Gasteiger partial charge is 0.0373 e. The highest BCUT2D eigenvalue weighted by molar-refractivity contribution is 5.69. The van der Waals surface area contributed by atoms with Crippen molar-refractivity contribution >= 4 is 5.69 Å². The van der Waals surface area contributed by atoms with E-state index in [1.54, 1.807) is 6.20 Å². The topological polar surface area (TPSA) is 38.9 Å². The summed E-state index contributed by atoms with van der Waals surface area (Å²) in [6, 6.07) is 8.19. The first-order valence-electron chi connectivity index (χ1n) is 4.95. The van der Waals surface area contributed by atoms with Crippen molar-refractivity contribution in [2.75, 3.05) is 5.73 Å². The van der Waals surface area contributed by atoms with Gasteiger partial charge in [-0.25, -0.2) is 0 Å². The summed E-state index contributed by atoms with van der Waals surface area (Å²) in [5.41, 5.74) is 11.3. The molecule has 1 aromatic heterocycles. The number of benzene rings is 1. The predicted octanol–water partition coefficient (Wildman–Crippen LogP) is 2.95. The molecule has 0 radical (unpaired) electrons. The fourth-order valence-electron chi connectivity index (χ4n) is 1.67. The van der Waals surface area contributed by atoms with Crippen LogP contribution in [-0.2, 0) is 0 Å². The van der Waals surface area contributed by atoms with Crippen LogP contribution >= 0.6 is 0 Å². The highest BCUT2D eigenvalue weighted by Gasteiger charge is 2.03. The molecule has 0 aliphatic rings. The van der Waals surface area contributed by atoms with Crippen LogP contribution in [0.25, 0.3) is 11.1 Å². The Balaban J connectivity index is 2.56. The van der Waals surface area contributed by atoms with Gasteiger partial charge in [0, 0.05) is 23.6 Å². The highest BCUT2D eigenvalue weighted by atomic mass is 14.6. The number of nitrogens with two attached hydrogens (primary N) is 1. The molecule has 0 aliphatic carbocycles. The van der Waals surface area contributed by atoms with Crippen LogP contribution in [0.4, 0.5) is 5.69 Å². The van der Waals surface area contributed by atoms with Crippen LogP contribution in [0.15, 0.2) is 36.7 Å². The molecule has 0 atom stereocenters. The van der Waals surface area contributed by atoms with Crippen LogP contribution in [0.1, 0.15) is 11.1 Å². The van der Waals surface area contributed by atoms with E-state index in [0.29, 0.717) is 0 Å². The number of pyridine rings is 1. The van der Waals surface area contributed by atoms with Crippen molar-refractivity contribution in [3.8, 4) is 11.1 Å². The number of aryl methyl sites for hydroxylation is 2. The van der Waals surface area contributed by atoms with E-state index in [2.05, 4.69) is 23.2 Å². The van der Waals surface area contributed by atoms with E-state index >= 15 is 0 Å². The van der Waals surface area contributed by atoms with Gasteiger partial charge < -0.3 is 5.73 Å². The van der Waals surface area contributed by atoms with Crippen molar-refractivity contribution in [2.24, 2.45) is 0 Å². The minimum Gasteiger partial charge on any atom is -0.398 e. The van der Waals surface area contributed by atoms with Gasteiger partial charge in [0.25, 0.3) is 0 Å². The number of rotatable bonds is 1. The lowest BCUT2D eigenvalue weighted by atomic mass is 10.0. The molecular weight excluding hydrogens is 184 g/mol. The van der Waals surface area contributed by atoms with Crippen LogP contribution in [0, 0.1) is 13.8 Å². The first kappa shape index (κ1) is 9.71. The second-order valence-electron chi connectivity index (χ2n) is 3.77. The maximum absolute atomic E-state index is 5.91. The summed E-state index contributed by atoms with van der Waals surface area (Å²) in [6.45, 7) is 4.06. The number of hydrogen-bond acceptors (Lipinski definition) is 2. The number of hydrogen-bond donors (Lipinski definition) is 1. The monoisotopic (exact) mass is 198 g/mol. The number of nitrogens with zero attached hydrogens (tertiary/aromatic N) is 1. The molecule has 1 heterocycles. The Morgan fingerprint density at radius 1 is 1.07 bits per heavy atom. The average Bonchev–Trinajstić information content (AvgIpc) is 2.26. The third-order valence-electron chi connectivity index (χ3n) is 2.59. The minimum absolute atomic E-state index is 0.877. The fourth-order valence-corrected chi connectivity index (χ4v) is 1.67. The Labute approximate surface area is 89.8 Å². The van der Waals surface area contributed by atoms with E-state index in [0.717, 1.165) is 22.4 Å². The summed E-state index contributed by atoms with van der Waals surface area (Å²) in [5.74, 6) is 0. The molecule has 0 unspecified atom stereocenters. The van der Waals surface area contributed by atoms with E-state index in [1.807, 2.05) is 26.1 Å². The van der Waals surface area contributed by atoms with Gasteiger partial charge in [-0.1, -0.05) is 6.07 Å². The van der Waals surface area contributed by atoms with Crippen LogP contribution in [0.3, 0.4) is 0 Å². The van der Waals surface area contributed by atoms with Gasteiger partial charge >= 0.3 is 0 Å². The summed E-state index contributed by atoms with van der Waals surface area (Å²) in [7, 11) is 0. The van der Waals surface area contributed by atoms with Gasteiger partial charge in [0.15, 0.2) is 0 Å². The molecule has 0 saturated heterocycles. The van der Waals surface area contributed by atoms with Crippen LogP contribution in [0.2, 0.25) is 0 Å². The first-order chi connectivity index (χ1) is 7.18. The molecule has 0 spiro atoms. The normalized spacial score (nSPS) is 10.3. The number of anilines is 1. The molecular formula is C13H14N2.